The maximum atomic E-state index is 11.8. The van der Waals surface area contributed by atoms with Crippen LogP contribution in [0.25, 0.3) is 6.08 Å². The van der Waals surface area contributed by atoms with Gasteiger partial charge in [-0.15, -0.1) is 0 Å². The Morgan fingerprint density at radius 2 is 1.91 bits per heavy atom. The van der Waals surface area contributed by atoms with Crippen molar-refractivity contribution in [3.8, 4) is 6.07 Å². The molecular weight excluding hydrogens is 315 g/mol. The number of rotatable bonds is 6. The van der Waals surface area contributed by atoms with Crippen LogP contribution >= 0.6 is 0 Å². The molecule has 0 atom stereocenters. The van der Waals surface area contributed by atoms with E-state index in [0.717, 1.165) is 0 Å². The summed E-state index contributed by atoms with van der Waals surface area (Å²) in [7, 11) is 0. The fraction of sp³-hybridized carbons (Fsp3) is 0.214. The van der Waals surface area contributed by atoms with E-state index in [-0.39, 0.29) is 5.57 Å². The molecular formula is C14H12F3N3O3. The number of halogens is 3. The van der Waals surface area contributed by atoms with E-state index in [1.54, 1.807) is 6.07 Å². The normalized spacial score (nSPS) is 11.7. The summed E-state index contributed by atoms with van der Waals surface area (Å²) < 4.78 is 39.8. The van der Waals surface area contributed by atoms with E-state index in [0.29, 0.717) is 11.3 Å². The number of ether oxygens (including phenoxy) is 1. The fourth-order valence-corrected chi connectivity index (χ4v) is 1.44. The lowest BCUT2D eigenvalue weighted by Gasteiger charge is -2.08. The number of nitriles is 1. The Morgan fingerprint density at radius 1 is 1.30 bits per heavy atom. The molecule has 0 aromatic heterocycles. The Bertz CT molecular complexity index is 646. The maximum Gasteiger partial charge on any atom is 0.411 e. The highest BCUT2D eigenvalue weighted by Crippen LogP contribution is 2.15. The summed E-state index contributed by atoms with van der Waals surface area (Å²) in [5.41, 5.74) is 5.57. The first kappa shape index (κ1) is 18.2. The van der Waals surface area contributed by atoms with Gasteiger partial charge >= 0.3 is 6.18 Å². The third kappa shape index (κ3) is 7.10. The number of carbonyl (C=O) groups is 2. The van der Waals surface area contributed by atoms with Gasteiger partial charge in [-0.3, -0.25) is 9.59 Å². The number of hydrogen-bond donors (Lipinski definition) is 2. The Balaban J connectivity index is 2.59. The summed E-state index contributed by atoms with van der Waals surface area (Å²) in [5.74, 6) is -1.61. The van der Waals surface area contributed by atoms with Crippen LogP contribution in [0, 0.1) is 11.3 Å². The summed E-state index contributed by atoms with van der Waals surface area (Å²) in [6.45, 7) is -2.24. The standard InChI is InChI=1S/C14H12F3N3O3/c15-14(16,17)8-23-7-12(21)20-11-3-1-9(2-4-11)5-10(6-18)13(19)22/h1-5H,7-8H2,(H2,19,22)(H,20,21). The molecule has 0 radical (unpaired) electrons. The van der Waals surface area contributed by atoms with Crippen LogP contribution in [0.5, 0.6) is 0 Å². The Labute approximate surface area is 129 Å². The van der Waals surface area contributed by atoms with Gasteiger partial charge in [0.1, 0.15) is 24.9 Å². The average Bonchev–Trinajstić information content (AvgIpc) is 2.44. The maximum absolute atomic E-state index is 11.8. The second-order valence-electron chi connectivity index (χ2n) is 4.31. The van der Waals surface area contributed by atoms with E-state index in [1.807, 2.05) is 0 Å². The number of alkyl halides is 3. The van der Waals surface area contributed by atoms with Crippen LogP contribution in [0.1, 0.15) is 5.56 Å². The molecule has 1 rings (SSSR count). The van der Waals surface area contributed by atoms with Gasteiger partial charge < -0.3 is 15.8 Å². The Morgan fingerprint density at radius 3 is 2.39 bits per heavy atom. The molecule has 9 heteroatoms. The molecule has 1 aromatic rings. The smallest absolute Gasteiger partial charge is 0.365 e. The van der Waals surface area contributed by atoms with Crippen LogP contribution in [-0.4, -0.2) is 31.2 Å². The van der Waals surface area contributed by atoms with E-state index < -0.39 is 31.2 Å². The second kappa shape index (κ2) is 7.95. The van der Waals surface area contributed by atoms with Gasteiger partial charge in [0.05, 0.1) is 0 Å². The number of amides is 2. The van der Waals surface area contributed by atoms with Crippen molar-refractivity contribution in [2.45, 2.75) is 6.18 Å². The highest BCUT2D eigenvalue weighted by molar-refractivity contribution is 6.00. The summed E-state index contributed by atoms with van der Waals surface area (Å²) >= 11 is 0. The summed E-state index contributed by atoms with van der Waals surface area (Å²) in [4.78, 5) is 22.3. The van der Waals surface area contributed by atoms with E-state index in [9.17, 15) is 22.8 Å². The summed E-state index contributed by atoms with van der Waals surface area (Å²) in [6.07, 6.45) is -3.23. The van der Waals surface area contributed by atoms with Gasteiger partial charge in [-0.05, 0) is 23.8 Å². The van der Waals surface area contributed by atoms with Crippen molar-refractivity contribution in [3.05, 3.63) is 35.4 Å². The molecule has 0 aliphatic carbocycles. The number of nitrogens with zero attached hydrogens (tertiary/aromatic N) is 1. The number of benzene rings is 1. The molecule has 2 amide bonds. The molecule has 0 heterocycles. The number of nitrogens with two attached hydrogens (primary N) is 1. The lowest BCUT2D eigenvalue weighted by atomic mass is 10.1. The van der Waals surface area contributed by atoms with Crippen LogP contribution in [0.2, 0.25) is 0 Å². The van der Waals surface area contributed by atoms with Crippen LogP contribution < -0.4 is 11.1 Å². The quantitative estimate of drug-likeness (QED) is 0.611. The number of anilines is 1. The number of nitrogens with one attached hydrogen (secondary N) is 1. The van der Waals surface area contributed by atoms with Gasteiger partial charge in [-0.25, -0.2) is 0 Å². The van der Waals surface area contributed by atoms with Crippen molar-refractivity contribution in [1.82, 2.24) is 0 Å². The molecule has 0 bridgehead atoms. The van der Waals surface area contributed by atoms with Crippen molar-refractivity contribution < 1.29 is 27.5 Å². The first-order valence-electron chi connectivity index (χ1n) is 6.17. The third-order valence-corrected chi connectivity index (χ3v) is 2.39. The molecule has 23 heavy (non-hydrogen) atoms. The molecule has 0 aliphatic heterocycles. The highest BCUT2D eigenvalue weighted by atomic mass is 19.4. The second-order valence-corrected chi connectivity index (χ2v) is 4.31. The van der Waals surface area contributed by atoms with Gasteiger partial charge in [0, 0.05) is 5.69 Å². The SMILES string of the molecule is N#CC(=Cc1ccc(NC(=O)COCC(F)(F)F)cc1)C(N)=O. The van der Waals surface area contributed by atoms with E-state index >= 15 is 0 Å². The first-order valence-corrected chi connectivity index (χ1v) is 6.17. The molecule has 0 saturated carbocycles. The zero-order chi connectivity index (χ0) is 17.5. The van der Waals surface area contributed by atoms with Gasteiger partial charge in [-0.2, -0.15) is 18.4 Å². The van der Waals surface area contributed by atoms with Crippen molar-refractivity contribution in [2.24, 2.45) is 5.73 Å². The van der Waals surface area contributed by atoms with Crippen LogP contribution in [0.3, 0.4) is 0 Å². The van der Waals surface area contributed by atoms with Crippen molar-refractivity contribution in [2.75, 3.05) is 18.5 Å². The molecule has 0 fully saturated rings. The van der Waals surface area contributed by atoms with E-state index in [2.05, 4.69) is 10.1 Å². The van der Waals surface area contributed by atoms with E-state index in [1.165, 1.54) is 30.3 Å². The molecule has 6 nitrogen and oxygen atoms in total. The lowest BCUT2D eigenvalue weighted by Crippen LogP contribution is -2.23. The van der Waals surface area contributed by atoms with Crippen LogP contribution in [0.4, 0.5) is 18.9 Å². The van der Waals surface area contributed by atoms with Crippen molar-refractivity contribution >= 4 is 23.6 Å². The largest absolute Gasteiger partial charge is 0.411 e. The lowest BCUT2D eigenvalue weighted by molar-refractivity contribution is -0.174. The fourth-order valence-electron chi connectivity index (χ4n) is 1.44. The van der Waals surface area contributed by atoms with Crippen molar-refractivity contribution in [1.29, 1.82) is 5.26 Å². The van der Waals surface area contributed by atoms with Crippen molar-refractivity contribution in [3.63, 3.8) is 0 Å². The monoisotopic (exact) mass is 327 g/mol. The van der Waals surface area contributed by atoms with Gasteiger partial charge in [0.15, 0.2) is 0 Å². The Hall–Kier alpha value is -2.86. The Kier molecular flexibility index (Phi) is 6.29. The van der Waals surface area contributed by atoms with E-state index in [4.69, 9.17) is 11.0 Å². The molecule has 1 aromatic carbocycles. The molecule has 3 N–H and O–H groups in total. The highest BCUT2D eigenvalue weighted by Gasteiger charge is 2.27. The predicted octanol–water partition coefficient (Wildman–Crippen LogP) is 1.60. The first-order chi connectivity index (χ1) is 10.7. The number of hydrogen-bond acceptors (Lipinski definition) is 4. The number of carbonyl (C=O) groups excluding carboxylic acids is 2. The average molecular weight is 327 g/mol. The molecule has 0 unspecified atom stereocenters. The zero-order valence-corrected chi connectivity index (χ0v) is 11.7. The molecule has 0 spiro atoms. The third-order valence-electron chi connectivity index (χ3n) is 2.39. The van der Waals surface area contributed by atoms with Gasteiger partial charge in [0.2, 0.25) is 5.91 Å². The summed E-state index contributed by atoms with van der Waals surface area (Å²) in [5, 5.41) is 11.0. The number of primary amides is 1. The zero-order valence-electron chi connectivity index (χ0n) is 11.7. The minimum Gasteiger partial charge on any atom is -0.365 e. The van der Waals surface area contributed by atoms with Crippen LogP contribution in [0.15, 0.2) is 29.8 Å². The minimum absolute atomic E-state index is 0.234. The van der Waals surface area contributed by atoms with Crippen LogP contribution in [-0.2, 0) is 14.3 Å². The minimum atomic E-state index is -4.49. The molecule has 0 aliphatic rings. The molecule has 0 saturated heterocycles. The summed E-state index contributed by atoms with van der Waals surface area (Å²) in [6, 6.07) is 7.52. The topological polar surface area (TPSA) is 105 Å². The van der Waals surface area contributed by atoms with Gasteiger partial charge in [0.25, 0.3) is 5.91 Å². The molecule has 122 valence electrons. The van der Waals surface area contributed by atoms with Gasteiger partial charge in [-0.1, -0.05) is 12.1 Å². The predicted molar refractivity (Wildman–Crippen MR) is 74.7 cm³/mol.